The molecule has 2 rings (SSSR count). The van der Waals surface area contributed by atoms with E-state index < -0.39 is 6.10 Å². The number of carbonyl (C=O) groups is 1. The van der Waals surface area contributed by atoms with Crippen LogP contribution < -0.4 is 10.6 Å². The van der Waals surface area contributed by atoms with Gasteiger partial charge in [0.2, 0.25) is 5.91 Å². The average molecular weight is 291 g/mol. The van der Waals surface area contributed by atoms with E-state index in [2.05, 4.69) is 10.6 Å². The van der Waals surface area contributed by atoms with Crippen LogP contribution in [0, 0.1) is 6.92 Å². The van der Waals surface area contributed by atoms with Crippen molar-refractivity contribution < 1.29 is 9.90 Å². The fraction of sp³-hybridized carbons (Fsp3) is 0.417. The van der Waals surface area contributed by atoms with Crippen molar-refractivity contribution in [2.45, 2.75) is 25.5 Å². The fourth-order valence-electron chi connectivity index (χ4n) is 1.88. The first-order valence-electron chi connectivity index (χ1n) is 5.55. The van der Waals surface area contributed by atoms with E-state index >= 15 is 0 Å². The predicted molar refractivity (Wildman–Crippen MR) is 74.5 cm³/mol. The minimum Gasteiger partial charge on any atom is -0.392 e. The van der Waals surface area contributed by atoms with Gasteiger partial charge in [-0.3, -0.25) is 4.79 Å². The van der Waals surface area contributed by atoms with Gasteiger partial charge >= 0.3 is 0 Å². The van der Waals surface area contributed by atoms with E-state index in [1.807, 2.05) is 13.0 Å². The van der Waals surface area contributed by atoms with E-state index in [1.165, 1.54) is 0 Å². The van der Waals surface area contributed by atoms with Crippen LogP contribution in [0.5, 0.6) is 0 Å². The van der Waals surface area contributed by atoms with Crippen molar-refractivity contribution >= 4 is 35.6 Å². The van der Waals surface area contributed by atoms with Gasteiger partial charge < -0.3 is 15.7 Å². The second kappa shape index (κ2) is 6.38. The molecule has 3 N–H and O–H groups in total. The molecule has 0 aliphatic carbocycles. The summed E-state index contributed by atoms with van der Waals surface area (Å²) >= 11 is 5.97. The highest BCUT2D eigenvalue weighted by Crippen LogP contribution is 2.23. The van der Waals surface area contributed by atoms with Crippen LogP contribution in [0.1, 0.15) is 12.0 Å². The van der Waals surface area contributed by atoms with Gasteiger partial charge in [0.15, 0.2) is 0 Å². The third-order valence-corrected chi connectivity index (χ3v) is 3.36. The molecule has 4 nitrogen and oxygen atoms in total. The maximum atomic E-state index is 11.9. The lowest BCUT2D eigenvalue weighted by molar-refractivity contribution is -0.117. The van der Waals surface area contributed by atoms with Crippen LogP contribution in [0.2, 0.25) is 5.02 Å². The number of benzene rings is 1. The average Bonchev–Trinajstić information content (AvgIpc) is 2.72. The number of aliphatic hydroxyl groups excluding tert-OH is 1. The Labute approximate surface area is 117 Å². The zero-order chi connectivity index (χ0) is 12.4. The minimum atomic E-state index is -0.439. The van der Waals surface area contributed by atoms with Gasteiger partial charge in [0.05, 0.1) is 12.1 Å². The van der Waals surface area contributed by atoms with E-state index in [4.69, 9.17) is 11.6 Å². The molecule has 1 aliphatic heterocycles. The van der Waals surface area contributed by atoms with Crippen molar-refractivity contribution in [2.75, 3.05) is 11.9 Å². The maximum absolute atomic E-state index is 11.9. The van der Waals surface area contributed by atoms with Crippen molar-refractivity contribution in [2.24, 2.45) is 0 Å². The molecule has 1 fully saturated rings. The molecular formula is C12H16Cl2N2O2. The number of rotatable bonds is 2. The quantitative estimate of drug-likeness (QED) is 0.777. The summed E-state index contributed by atoms with van der Waals surface area (Å²) < 4.78 is 0. The summed E-state index contributed by atoms with van der Waals surface area (Å²) in [4.78, 5) is 11.9. The van der Waals surface area contributed by atoms with E-state index in [9.17, 15) is 9.90 Å². The second-order valence-corrected chi connectivity index (χ2v) is 4.66. The number of β-amino-alcohol motifs (C(OH)–C–C–N with tert-alkyl or cyclic N) is 1. The zero-order valence-corrected chi connectivity index (χ0v) is 11.5. The smallest absolute Gasteiger partial charge is 0.241 e. The minimum absolute atomic E-state index is 0. The van der Waals surface area contributed by atoms with Gasteiger partial charge in [0.25, 0.3) is 0 Å². The number of hydrogen-bond acceptors (Lipinski definition) is 3. The number of hydrogen-bond donors (Lipinski definition) is 3. The van der Waals surface area contributed by atoms with Crippen LogP contribution in [0.3, 0.4) is 0 Å². The molecular weight excluding hydrogens is 275 g/mol. The molecule has 2 atom stereocenters. The Morgan fingerprint density at radius 3 is 2.89 bits per heavy atom. The summed E-state index contributed by atoms with van der Waals surface area (Å²) in [6, 6.07) is 5.06. The lowest BCUT2D eigenvalue weighted by atomic mass is 10.1. The first-order valence-corrected chi connectivity index (χ1v) is 5.93. The molecule has 0 aromatic heterocycles. The van der Waals surface area contributed by atoms with Crippen molar-refractivity contribution in [3.05, 3.63) is 28.8 Å². The van der Waals surface area contributed by atoms with Crippen molar-refractivity contribution in [3.63, 3.8) is 0 Å². The van der Waals surface area contributed by atoms with Crippen molar-refractivity contribution in [1.82, 2.24) is 5.32 Å². The number of halogens is 2. The third kappa shape index (κ3) is 3.36. The molecule has 0 saturated carbocycles. The molecule has 1 heterocycles. The largest absolute Gasteiger partial charge is 0.392 e. The molecule has 0 radical (unpaired) electrons. The number of carbonyl (C=O) groups excluding carboxylic acids is 1. The molecule has 6 heteroatoms. The molecule has 0 spiro atoms. The Morgan fingerprint density at radius 2 is 2.28 bits per heavy atom. The van der Waals surface area contributed by atoms with Crippen molar-refractivity contribution in [3.8, 4) is 0 Å². The molecule has 2 unspecified atom stereocenters. The molecule has 1 aromatic rings. The molecule has 1 aromatic carbocycles. The summed E-state index contributed by atoms with van der Waals surface area (Å²) in [5.41, 5.74) is 1.56. The summed E-state index contributed by atoms with van der Waals surface area (Å²) in [5.74, 6) is -0.132. The Bertz CT molecular complexity index is 440. The monoisotopic (exact) mass is 290 g/mol. The highest BCUT2D eigenvalue weighted by molar-refractivity contribution is 6.31. The first kappa shape index (κ1) is 15.2. The Morgan fingerprint density at radius 1 is 1.56 bits per heavy atom. The van der Waals surface area contributed by atoms with Gasteiger partial charge in [-0.2, -0.15) is 0 Å². The van der Waals surface area contributed by atoms with Gasteiger partial charge in [-0.15, -0.1) is 12.4 Å². The van der Waals surface area contributed by atoms with E-state index in [0.29, 0.717) is 23.7 Å². The summed E-state index contributed by atoms with van der Waals surface area (Å²) in [6.07, 6.45) is 0.0112. The van der Waals surface area contributed by atoms with Crippen LogP contribution in [-0.2, 0) is 4.79 Å². The van der Waals surface area contributed by atoms with Crippen LogP contribution in [0.15, 0.2) is 18.2 Å². The summed E-state index contributed by atoms with van der Waals surface area (Å²) in [6.45, 7) is 2.32. The molecule has 0 bridgehead atoms. The van der Waals surface area contributed by atoms with Gasteiger partial charge in [-0.1, -0.05) is 17.7 Å². The Balaban J connectivity index is 0.00000162. The normalized spacial score (nSPS) is 22.4. The Hall–Kier alpha value is -0.810. The lowest BCUT2D eigenvalue weighted by Gasteiger charge is -2.13. The molecule has 1 saturated heterocycles. The highest BCUT2D eigenvalue weighted by atomic mass is 35.5. The standard InChI is InChI=1S/C12H15ClN2O2.ClH/c1-7-9(13)3-2-4-10(7)15-12(17)11-5-8(16)6-14-11;/h2-4,8,11,14,16H,5-6H2,1H3,(H,15,17);1H. The van der Waals surface area contributed by atoms with Crippen LogP contribution >= 0.6 is 24.0 Å². The van der Waals surface area contributed by atoms with Crippen molar-refractivity contribution in [1.29, 1.82) is 0 Å². The van der Waals surface area contributed by atoms with E-state index in [-0.39, 0.29) is 24.4 Å². The maximum Gasteiger partial charge on any atom is 0.241 e. The number of aliphatic hydroxyl groups is 1. The Kier molecular flexibility index (Phi) is 5.41. The van der Waals surface area contributed by atoms with E-state index in [1.54, 1.807) is 12.1 Å². The van der Waals surface area contributed by atoms with Crippen LogP contribution in [0.4, 0.5) is 5.69 Å². The van der Waals surface area contributed by atoms with E-state index in [0.717, 1.165) is 5.56 Å². The lowest BCUT2D eigenvalue weighted by Crippen LogP contribution is -2.35. The summed E-state index contributed by atoms with van der Waals surface area (Å²) in [5, 5.41) is 15.8. The van der Waals surface area contributed by atoms with Gasteiger partial charge in [-0.25, -0.2) is 0 Å². The second-order valence-electron chi connectivity index (χ2n) is 4.25. The fourth-order valence-corrected chi connectivity index (χ4v) is 2.05. The SMILES string of the molecule is Cc1c(Cl)cccc1NC(=O)C1CC(O)CN1.Cl. The van der Waals surface area contributed by atoms with Crippen LogP contribution in [0.25, 0.3) is 0 Å². The predicted octanol–water partition coefficient (Wildman–Crippen LogP) is 1.73. The number of amides is 1. The molecule has 18 heavy (non-hydrogen) atoms. The molecule has 100 valence electrons. The third-order valence-electron chi connectivity index (χ3n) is 2.95. The topological polar surface area (TPSA) is 61.4 Å². The summed E-state index contributed by atoms with van der Waals surface area (Å²) in [7, 11) is 0. The zero-order valence-electron chi connectivity index (χ0n) is 9.94. The molecule has 1 amide bonds. The van der Waals surface area contributed by atoms with Crippen LogP contribution in [-0.4, -0.2) is 29.7 Å². The van der Waals surface area contributed by atoms with Gasteiger partial charge in [0, 0.05) is 17.3 Å². The number of anilines is 1. The molecule has 1 aliphatic rings. The highest BCUT2D eigenvalue weighted by Gasteiger charge is 2.28. The van der Waals surface area contributed by atoms with Gasteiger partial charge in [-0.05, 0) is 31.0 Å². The first-order chi connectivity index (χ1) is 8.08. The van der Waals surface area contributed by atoms with Gasteiger partial charge in [0.1, 0.15) is 0 Å². The number of nitrogens with one attached hydrogen (secondary N) is 2.